The Kier molecular flexibility index (Phi) is 9.39. The highest BCUT2D eigenvalue weighted by molar-refractivity contribution is 6.06. The number of anilines is 1. The summed E-state index contributed by atoms with van der Waals surface area (Å²) < 4.78 is 25.0. The second-order valence-corrected chi connectivity index (χ2v) is 6.93. The van der Waals surface area contributed by atoms with Crippen LogP contribution in [0.5, 0.6) is 5.75 Å². The maximum atomic E-state index is 12.5. The summed E-state index contributed by atoms with van der Waals surface area (Å²) in [6, 6.07) is 9.76. The molecule has 0 radical (unpaired) electrons. The van der Waals surface area contributed by atoms with Gasteiger partial charge in [-0.1, -0.05) is 18.2 Å². The summed E-state index contributed by atoms with van der Waals surface area (Å²) in [6.45, 7) is 2.03. The molecule has 0 fully saturated rings. The van der Waals surface area contributed by atoms with Crippen LogP contribution in [0.15, 0.2) is 48.2 Å². The topological polar surface area (TPSA) is 118 Å². The van der Waals surface area contributed by atoms with Gasteiger partial charge in [0, 0.05) is 23.9 Å². The van der Waals surface area contributed by atoms with E-state index in [1.807, 2.05) is 0 Å². The van der Waals surface area contributed by atoms with Gasteiger partial charge in [-0.15, -0.1) is 0 Å². The van der Waals surface area contributed by atoms with E-state index >= 15 is 0 Å². The molecule has 0 N–H and O–H groups in total. The van der Waals surface area contributed by atoms with Gasteiger partial charge < -0.3 is 28.6 Å². The largest absolute Gasteiger partial charge is 0.493 e. The van der Waals surface area contributed by atoms with Crippen molar-refractivity contribution < 1.29 is 42.9 Å². The van der Waals surface area contributed by atoms with E-state index in [9.17, 15) is 19.2 Å². The van der Waals surface area contributed by atoms with Crippen LogP contribution in [0.1, 0.15) is 27.6 Å². The number of benzene rings is 2. The van der Waals surface area contributed by atoms with Crippen LogP contribution in [0.3, 0.4) is 0 Å². The molecule has 10 heteroatoms. The maximum absolute atomic E-state index is 12.5. The number of hydrogen-bond donors (Lipinski definition) is 0. The van der Waals surface area contributed by atoms with Crippen LogP contribution in [-0.4, -0.2) is 66.0 Å². The fourth-order valence-electron chi connectivity index (χ4n) is 3.31. The van der Waals surface area contributed by atoms with E-state index in [1.165, 1.54) is 45.5 Å². The molecule has 0 amide bonds. The van der Waals surface area contributed by atoms with E-state index in [0.29, 0.717) is 16.8 Å². The summed E-state index contributed by atoms with van der Waals surface area (Å²) in [7, 11) is 6.34. The summed E-state index contributed by atoms with van der Waals surface area (Å²) >= 11 is 0. The lowest BCUT2D eigenvalue weighted by Crippen LogP contribution is -2.26. The Morgan fingerprint density at radius 1 is 0.829 bits per heavy atom. The molecule has 0 unspecified atom stereocenters. The minimum Gasteiger partial charge on any atom is -0.493 e. The van der Waals surface area contributed by atoms with Crippen LogP contribution in [0.25, 0.3) is 11.1 Å². The van der Waals surface area contributed by atoms with Crippen LogP contribution in [0.2, 0.25) is 0 Å². The minimum absolute atomic E-state index is 0.0294. The molecule has 2 aromatic carbocycles. The number of likely N-dealkylation sites (N-methyl/N-ethyl adjacent to an activating group) is 1. The van der Waals surface area contributed by atoms with Crippen LogP contribution >= 0.6 is 0 Å². The summed E-state index contributed by atoms with van der Waals surface area (Å²) in [5.41, 5.74) is 1.27. The number of para-hydroxylation sites is 1. The van der Waals surface area contributed by atoms with E-state index < -0.39 is 23.9 Å². The second-order valence-electron chi connectivity index (χ2n) is 6.93. The number of carbonyl (C=O) groups excluding carboxylic acids is 4. The first-order valence-electron chi connectivity index (χ1n) is 10.4. The summed E-state index contributed by atoms with van der Waals surface area (Å²) in [6.07, 6.45) is 1.01. The van der Waals surface area contributed by atoms with Crippen molar-refractivity contribution in [3.8, 4) is 16.9 Å². The maximum Gasteiger partial charge on any atom is 0.354 e. The molecule has 0 aliphatic carbocycles. The third-order valence-corrected chi connectivity index (χ3v) is 5.00. The highest BCUT2D eigenvalue weighted by Gasteiger charge is 2.26. The number of ether oxygens (including phenoxy) is 5. The highest BCUT2D eigenvalue weighted by atomic mass is 16.5. The molecule has 0 saturated heterocycles. The molecule has 0 aliphatic heterocycles. The number of esters is 4. The SMILES string of the molecule is CCOc1cc(C(=O)OC)c(C(=O)OC)cc1-c1ccccc1N(C)/C(=C\C(=O)OC)C(=O)OC. The number of nitrogens with zero attached hydrogens (tertiary/aromatic N) is 1. The third kappa shape index (κ3) is 5.97. The van der Waals surface area contributed by atoms with E-state index in [4.69, 9.17) is 18.9 Å². The van der Waals surface area contributed by atoms with Crippen molar-refractivity contribution in [3.05, 3.63) is 59.3 Å². The van der Waals surface area contributed by atoms with Gasteiger partial charge in [-0.25, -0.2) is 19.2 Å². The van der Waals surface area contributed by atoms with E-state index in [0.717, 1.165) is 6.08 Å². The molecule has 0 heterocycles. The quantitative estimate of drug-likeness (QED) is 0.298. The van der Waals surface area contributed by atoms with Crippen LogP contribution in [0, 0.1) is 0 Å². The van der Waals surface area contributed by atoms with Crippen LogP contribution in [0.4, 0.5) is 5.69 Å². The van der Waals surface area contributed by atoms with Gasteiger partial charge in [-0.3, -0.25) is 0 Å². The second kappa shape index (κ2) is 12.2. The lowest BCUT2D eigenvalue weighted by Gasteiger charge is -2.25. The van der Waals surface area contributed by atoms with Gasteiger partial charge >= 0.3 is 23.9 Å². The Balaban J connectivity index is 2.84. The van der Waals surface area contributed by atoms with Gasteiger partial charge in [0.25, 0.3) is 0 Å². The zero-order valence-corrected chi connectivity index (χ0v) is 20.4. The molecule has 186 valence electrons. The van der Waals surface area contributed by atoms with Gasteiger partial charge in [-0.05, 0) is 25.1 Å². The Hall–Kier alpha value is -4.34. The molecule has 0 saturated carbocycles. The fraction of sp³-hybridized carbons (Fsp3) is 0.280. The molecular weight excluding hydrogens is 458 g/mol. The highest BCUT2D eigenvalue weighted by Crippen LogP contribution is 2.39. The number of methoxy groups -OCH3 is 4. The van der Waals surface area contributed by atoms with Crippen molar-refractivity contribution in [2.24, 2.45) is 0 Å². The molecule has 2 aromatic rings. The standard InChI is InChI=1S/C25H27NO9/c1-7-35-21-13-18(24(29)33-5)17(23(28)32-4)12-16(21)15-10-8-9-11-19(15)26(2)20(25(30)34-6)14-22(27)31-3/h8-14H,7H2,1-6H3/b20-14-. The third-order valence-electron chi connectivity index (χ3n) is 5.00. The van der Waals surface area contributed by atoms with Gasteiger partial charge in [0.2, 0.25) is 0 Å². The normalized spacial score (nSPS) is 10.7. The monoisotopic (exact) mass is 485 g/mol. The Labute approximate surface area is 203 Å². The Morgan fingerprint density at radius 2 is 1.43 bits per heavy atom. The minimum atomic E-state index is -0.769. The first-order valence-corrected chi connectivity index (χ1v) is 10.4. The molecule has 0 spiro atoms. The summed E-state index contributed by atoms with van der Waals surface area (Å²) in [5, 5.41) is 0. The van der Waals surface area contributed by atoms with Crippen molar-refractivity contribution in [2.45, 2.75) is 6.92 Å². The van der Waals surface area contributed by atoms with Gasteiger partial charge in [0.1, 0.15) is 11.4 Å². The van der Waals surface area contributed by atoms with E-state index in [2.05, 4.69) is 4.74 Å². The van der Waals surface area contributed by atoms with Gasteiger partial charge in [0.05, 0.1) is 52.2 Å². The number of hydrogen-bond acceptors (Lipinski definition) is 10. The van der Waals surface area contributed by atoms with E-state index in [1.54, 1.807) is 38.2 Å². The molecule has 0 atom stereocenters. The average molecular weight is 485 g/mol. The zero-order chi connectivity index (χ0) is 26.1. The van der Waals surface area contributed by atoms with Crippen LogP contribution < -0.4 is 9.64 Å². The van der Waals surface area contributed by atoms with Crippen LogP contribution in [-0.2, 0) is 28.5 Å². The molecule has 10 nitrogen and oxygen atoms in total. The lowest BCUT2D eigenvalue weighted by atomic mass is 9.96. The van der Waals surface area contributed by atoms with Crippen molar-refractivity contribution in [1.82, 2.24) is 0 Å². The van der Waals surface area contributed by atoms with E-state index in [-0.39, 0.29) is 29.2 Å². The molecule has 2 rings (SSSR count). The fourth-order valence-corrected chi connectivity index (χ4v) is 3.31. The lowest BCUT2D eigenvalue weighted by molar-refractivity contribution is -0.138. The zero-order valence-electron chi connectivity index (χ0n) is 20.4. The Bertz CT molecular complexity index is 1150. The van der Waals surface area contributed by atoms with Gasteiger partial charge in [0.15, 0.2) is 0 Å². The van der Waals surface area contributed by atoms with Crippen molar-refractivity contribution in [3.63, 3.8) is 0 Å². The van der Waals surface area contributed by atoms with Gasteiger partial charge in [-0.2, -0.15) is 0 Å². The summed E-state index contributed by atoms with van der Waals surface area (Å²) in [5.74, 6) is -2.72. The predicted molar refractivity (Wildman–Crippen MR) is 126 cm³/mol. The molecule has 0 bridgehead atoms. The first kappa shape index (κ1) is 26.9. The van der Waals surface area contributed by atoms with Crippen molar-refractivity contribution >= 4 is 29.6 Å². The molecule has 35 heavy (non-hydrogen) atoms. The van der Waals surface area contributed by atoms with Crippen molar-refractivity contribution in [2.75, 3.05) is 47.0 Å². The molecule has 0 aliphatic rings. The molecule has 0 aromatic heterocycles. The Morgan fingerprint density at radius 3 is 1.97 bits per heavy atom. The van der Waals surface area contributed by atoms with Crippen molar-refractivity contribution in [1.29, 1.82) is 0 Å². The average Bonchev–Trinajstić information content (AvgIpc) is 2.89. The molecular formula is C25H27NO9. The summed E-state index contributed by atoms with van der Waals surface area (Å²) in [4.78, 5) is 50.7. The number of rotatable bonds is 9. The smallest absolute Gasteiger partial charge is 0.354 e. The first-order chi connectivity index (χ1) is 16.7. The number of carbonyl (C=O) groups is 4. The predicted octanol–water partition coefficient (Wildman–Crippen LogP) is 2.99.